The van der Waals surface area contributed by atoms with Crippen molar-refractivity contribution in [3.8, 4) is 28.8 Å². The lowest BCUT2D eigenvalue weighted by molar-refractivity contribution is 0.0728. The van der Waals surface area contributed by atoms with Gasteiger partial charge in [0.25, 0.3) is 0 Å². The normalized spacial score (nSPS) is 10.2. The van der Waals surface area contributed by atoms with Crippen LogP contribution in [0.2, 0.25) is 5.02 Å². The van der Waals surface area contributed by atoms with Crippen molar-refractivity contribution in [1.82, 2.24) is 9.97 Å². The third-order valence-electron chi connectivity index (χ3n) is 3.88. The van der Waals surface area contributed by atoms with Crippen LogP contribution in [0.15, 0.2) is 42.5 Å². The molecule has 0 bridgehead atoms. The fraction of sp³-hybridized carbons (Fsp3) is 0.100. The highest BCUT2D eigenvalue weighted by atomic mass is 35.5. The summed E-state index contributed by atoms with van der Waals surface area (Å²) in [7, 11) is 0. The van der Waals surface area contributed by atoms with Gasteiger partial charge < -0.3 is 20.9 Å². The van der Waals surface area contributed by atoms with Crippen LogP contribution >= 0.6 is 11.6 Å². The Labute approximate surface area is 171 Å². The number of anilines is 2. The summed E-state index contributed by atoms with van der Waals surface area (Å²) >= 11 is 6.05. The fourth-order valence-electron chi connectivity index (χ4n) is 2.60. The molecule has 0 aliphatic carbocycles. The monoisotopic (exact) mass is 409 g/mol. The van der Waals surface area contributed by atoms with Crippen molar-refractivity contribution in [3.63, 3.8) is 0 Å². The van der Waals surface area contributed by atoms with Crippen LogP contribution in [0.25, 0.3) is 11.3 Å². The van der Waals surface area contributed by atoms with Gasteiger partial charge in [0.1, 0.15) is 17.5 Å². The van der Waals surface area contributed by atoms with Crippen molar-refractivity contribution in [2.75, 3.05) is 18.1 Å². The summed E-state index contributed by atoms with van der Waals surface area (Å²) in [5.74, 6) is -0.248. The number of rotatable bonds is 5. The second-order valence-corrected chi connectivity index (χ2v) is 6.17. The molecule has 0 unspecified atom stereocenters. The van der Waals surface area contributed by atoms with Crippen LogP contribution in [-0.4, -0.2) is 22.5 Å². The number of carbonyl (C=O) groups excluding carboxylic acids is 1. The van der Waals surface area contributed by atoms with Crippen molar-refractivity contribution >= 4 is 29.3 Å². The molecule has 0 saturated carbocycles. The molecule has 0 atom stereocenters. The fourth-order valence-corrected chi connectivity index (χ4v) is 2.82. The number of halogens is 1. The SMILES string of the molecule is CCOc1cc(-c2nc(N)nc(N)c2C#N)ccc1OC(=O)c1ccccc1Cl. The number of hydrogen-bond acceptors (Lipinski definition) is 8. The molecule has 1 heterocycles. The molecule has 4 N–H and O–H groups in total. The van der Waals surface area contributed by atoms with Gasteiger partial charge in [0, 0.05) is 5.56 Å². The quantitative estimate of drug-likeness (QED) is 0.482. The number of nitrogen functional groups attached to an aromatic ring is 2. The highest BCUT2D eigenvalue weighted by molar-refractivity contribution is 6.33. The molecule has 8 nitrogen and oxygen atoms in total. The molecule has 3 rings (SSSR count). The van der Waals surface area contributed by atoms with Crippen LogP contribution in [-0.2, 0) is 0 Å². The summed E-state index contributed by atoms with van der Waals surface area (Å²) in [6.07, 6.45) is 0. The van der Waals surface area contributed by atoms with Crippen molar-refractivity contribution in [1.29, 1.82) is 5.26 Å². The zero-order chi connectivity index (χ0) is 21.0. The first-order chi connectivity index (χ1) is 13.9. The van der Waals surface area contributed by atoms with E-state index in [4.69, 9.17) is 32.5 Å². The molecule has 0 radical (unpaired) electrons. The Balaban J connectivity index is 2.02. The van der Waals surface area contributed by atoms with Crippen LogP contribution in [0.3, 0.4) is 0 Å². The molecule has 9 heteroatoms. The molecule has 146 valence electrons. The van der Waals surface area contributed by atoms with Crippen molar-refractivity contribution in [2.45, 2.75) is 6.92 Å². The smallest absolute Gasteiger partial charge is 0.345 e. The molecule has 0 spiro atoms. The number of nitriles is 1. The van der Waals surface area contributed by atoms with Gasteiger partial charge >= 0.3 is 5.97 Å². The van der Waals surface area contributed by atoms with E-state index < -0.39 is 5.97 Å². The zero-order valence-electron chi connectivity index (χ0n) is 15.3. The van der Waals surface area contributed by atoms with E-state index >= 15 is 0 Å². The zero-order valence-corrected chi connectivity index (χ0v) is 16.1. The van der Waals surface area contributed by atoms with Gasteiger partial charge in [0.05, 0.1) is 22.9 Å². The summed E-state index contributed by atoms with van der Waals surface area (Å²) in [4.78, 5) is 20.4. The first-order valence-electron chi connectivity index (χ1n) is 8.51. The van der Waals surface area contributed by atoms with Crippen molar-refractivity contribution in [3.05, 3.63) is 58.6 Å². The summed E-state index contributed by atoms with van der Waals surface area (Å²) in [5.41, 5.74) is 12.5. The van der Waals surface area contributed by atoms with Gasteiger partial charge in [0.15, 0.2) is 11.5 Å². The number of hydrogen-bond donors (Lipinski definition) is 2. The van der Waals surface area contributed by atoms with Gasteiger partial charge in [-0.2, -0.15) is 10.2 Å². The Kier molecular flexibility index (Phi) is 5.81. The molecular weight excluding hydrogens is 394 g/mol. The Bertz CT molecular complexity index is 1130. The second-order valence-electron chi connectivity index (χ2n) is 5.77. The van der Waals surface area contributed by atoms with Crippen molar-refractivity contribution < 1.29 is 14.3 Å². The third kappa shape index (κ3) is 4.20. The number of ether oxygens (including phenoxy) is 2. The average molecular weight is 410 g/mol. The maximum atomic E-state index is 12.5. The van der Waals surface area contributed by atoms with E-state index in [-0.39, 0.29) is 45.1 Å². The number of carbonyl (C=O) groups is 1. The lowest BCUT2D eigenvalue weighted by Crippen LogP contribution is -2.10. The van der Waals surface area contributed by atoms with Crippen LogP contribution in [0.4, 0.5) is 11.8 Å². The van der Waals surface area contributed by atoms with E-state index in [2.05, 4.69) is 9.97 Å². The summed E-state index contributed by atoms with van der Waals surface area (Å²) in [6.45, 7) is 2.10. The van der Waals surface area contributed by atoms with Gasteiger partial charge in [-0.25, -0.2) is 9.78 Å². The molecule has 1 aromatic heterocycles. The maximum Gasteiger partial charge on any atom is 0.345 e. The van der Waals surface area contributed by atoms with E-state index in [1.165, 1.54) is 6.07 Å². The number of benzene rings is 2. The minimum absolute atomic E-state index is 0.0258. The standard InChI is InChI=1S/C20H16ClN5O3/c1-2-28-16-9-11(17-13(10-22)18(23)26-20(24)25-17)7-8-15(16)29-19(27)12-5-3-4-6-14(12)21/h3-9H,2H2,1H3,(H4,23,24,25,26). The third-order valence-corrected chi connectivity index (χ3v) is 4.21. The van der Waals surface area contributed by atoms with Gasteiger partial charge in [-0.05, 0) is 37.3 Å². The predicted octanol–water partition coefficient (Wildman–Crippen LogP) is 3.45. The number of aromatic nitrogens is 2. The van der Waals surface area contributed by atoms with E-state index in [1.54, 1.807) is 43.3 Å². The molecule has 0 aliphatic rings. The van der Waals surface area contributed by atoms with Crippen LogP contribution < -0.4 is 20.9 Å². The van der Waals surface area contributed by atoms with E-state index in [9.17, 15) is 10.1 Å². The first-order valence-corrected chi connectivity index (χ1v) is 8.89. The minimum Gasteiger partial charge on any atom is -0.490 e. The highest BCUT2D eigenvalue weighted by Crippen LogP contribution is 2.35. The van der Waals surface area contributed by atoms with Gasteiger partial charge in [-0.3, -0.25) is 0 Å². The molecule has 0 fully saturated rings. The molecule has 0 amide bonds. The lowest BCUT2D eigenvalue weighted by atomic mass is 10.1. The molecule has 3 aromatic rings. The van der Waals surface area contributed by atoms with Crippen LogP contribution in [0.1, 0.15) is 22.8 Å². The summed E-state index contributed by atoms with van der Waals surface area (Å²) in [5, 5.41) is 9.66. The Morgan fingerprint density at radius 1 is 1.17 bits per heavy atom. The molecule has 0 aliphatic heterocycles. The predicted molar refractivity (Wildman–Crippen MR) is 109 cm³/mol. The van der Waals surface area contributed by atoms with Gasteiger partial charge in [-0.1, -0.05) is 23.7 Å². The Morgan fingerprint density at radius 2 is 1.93 bits per heavy atom. The lowest BCUT2D eigenvalue weighted by Gasteiger charge is -2.13. The molecule has 29 heavy (non-hydrogen) atoms. The number of esters is 1. The van der Waals surface area contributed by atoms with Crippen LogP contribution in [0, 0.1) is 11.3 Å². The van der Waals surface area contributed by atoms with E-state index in [0.29, 0.717) is 12.2 Å². The largest absolute Gasteiger partial charge is 0.490 e. The second kappa shape index (κ2) is 8.46. The van der Waals surface area contributed by atoms with Crippen molar-refractivity contribution in [2.24, 2.45) is 0 Å². The molecule has 2 aromatic carbocycles. The maximum absolute atomic E-state index is 12.5. The first kappa shape index (κ1) is 19.9. The summed E-state index contributed by atoms with van der Waals surface area (Å²) in [6, 6.07) is 13.2. The Hall–Kier alpha value is -3.83. The van der Waals surface area contributed by atoms with E-state index in [1.807, 2.05) is 6.07 Å². The Morgan fingerprint density at radius 3 is 2.62 bits per heavy atom. The molecular formula is C20H16ClN5O3. The molecule has 0 saturated heterocycles. The topological polar surface area (TPSA) is 137 Å². The average Bonchev–Trinajstić information content (AvgIpc) is 2.69. The summed E-state index contributed by atoms with van der Waals surface area (Å²) < 4.78 is 11.1. The van der Waals surface area contributed by atoms with Gasteiger partial charge in [0.2, 0.25) is 5.95 Å². The van der Waals surface area contributed by atoms with Gasteiger partial charge in [-0.15, -0.1) is 0 Å². The minimum atomic E-state index is -0.627. The number of nitrogens with two attached hydrogens (primary N) is 2. The highest BCUT2D eigenvalue weighted by Gasteiger charge is 2.18. The van der Waals surface area contributed by atoms with E-state index in [0.717, 1.165) is 0 Å². The number of nitrogens with zero attached hydrogens (tertiary/aromatic N) is 3. The van der Waals surface area contributed by atoms with Crippen LogP contribution in [0.5, 0.6) is 11.5 Å².